The molecular formula is C23H27N5O2S. The Bertz CT molecular complexity index is 1050. The van der Waals surface area contributed by atoms with Gasteiger partial charge in [-0.05, 0) is 55.7 Å². The number of hydrogen-bond acceptors (Lipinski definition) is 6. The molecule has 162 valence electrons. The van der Waals surface area contributed by atoms with Gasteiger partial charge >= 0.3 is 0 Å². The fourth-order valence-corrected chi connectivity index (χ4v) is 4.71. The topological polar surface area (TPSA) is 81.1 Å². The first kappa shape index (κ1) is 21.2. The maximum Gasteiger partial charge on any atom is 0.240 e. The van der Waals surface area contributed by atoms with E-state index in [1.165, 1.54) is 11.8 Å². The molecule has 0 unspecified atom stereocenters. The lowest BCUT2D eigenvalue weighted by atomic mass is 10.0. The van der Waals surface area contributed by atoms with E-state index in [-0.39, 0.29) is 11.9 Å². The minimum atomic E-state index is -0.412. The molecule has 1 aliphatic heterocycles. The van der Waals surface area contributed by atoms with Crippen molar-refractivity contribution in [2.45, 2.75) is 50.1 Å². The molecule has 0 aliphatic carbocycles. The maximum absolute atomic E-state index is 13.3. The highest BCUT2D eigenvalue weighted by Crippen LogP contribution is 2.38. The molecule has 1 aliphatic rings. The van der Waals surface area contributed by atoms with Gasteiger partial charge in [0.1, 0.15) is 11.0 Å². The molecule has 0 spiro atoms. The number of amides is 1. The standard InChI is InChI=1S/C23H27N5O2S/c1-4-7-19-25-26-23-28(19)27-20(16-10-12-18(13-11-16)30-5-2)21(31-23)22(29)24-17-9-6-8-15(3)14-17/h6,8-14,20-21,27H,4-5,7H2,1-3H3,(H,24,29)/t20-,21+/m1/s1. The van der Waals surface area contributed by atoms with Gasteiger partial charge in [-0.15, -0.1) is 10.2 Å². The van der Waals surface area contributed by atoms with E-state index in [0.717, 1.165) is 41.2 Å². The number of carbonyl (C=O) groups excluding carboxylic acids is 1. The summed E-state index contributed by atoms with van der Waals surface area (Å²) >= 11 is 1.44. The number of aromatic nitrogens is 3. The van der Waals surface area contributed by atoms with Crippen molar-refractivity contribution in [3.05, 3.63) is 65.5 Å². The summed E-state index contributed by atoms with van der Waals surface area (Å²) in [6.07, 6.45) is 1.78. The Hall–Kier alpha value is -3.00. The molecule has 3 aromatic rings. The summed E-state index contributed by atoms with van der Waals surface area (Å²) in [4.78, 5) is 13.3. The molecule has 2 aromatic carbocycles. The Kier molecular flexibility index (Phi) is 6.46. The smallest absolute Gasteiger partial charge is 0.240 e. The monoisotopic (exact) mass is 437 g/mol. The molecule has 2 heterocycles. The van der Waals surface area contributed by atoms with Gasteiger partial charge in [-0.1, -0.05) is 43.0 Å². The van der Waals surface area contributed by atoms with Gasteiger partial charge in [-0.25, -0.2) is 4.68 Å². The molecule has 0 saturated carbocycles. The number of carbonyl (C=O) groups is 1. The summed E-state index contributed by atoms with van der Waals surface area (Å²) in [5.74, 6) is 1.61. The largest absolute Gasteiger partial charge is 0.494 e. The second-order valence-corrected chi connectivity index (χ2v) is 8.60. The third kappa shape index (κ3) is 4.69. The SMILES string of the molecule is CCCc1nnc2n1N[C@H](c1ccc(OCC)cc1)[C@@H](C(=O)Nc1cccc(C)c1)S2. The van der Waals surface area contributed by atoms with E-state index >= 15 is 0 Å². The van der Waals surface area contributed by atoms with Crippen LogP contribution in [0, 0.1) is 6.92 Å². The molecule has 7 nitrogen and oxygen atoms in total. The Balaban J connectivity index is 1.65. The zero-order chi connectivity index (χ0) is 21.8. The normalized spacial score (nSPS) is 17.5. The van der Waals surface area contributed by atoms with Crippen molar-refractivity contribution >= 4 is 23.4 Å². The third-order valence-corrected chi connectivity index (χ3v) is 6.29. The van der Waals surface area contributed by atoms with E-state index in [1.54, 1.807) is 0 Å². The fraction of sp³-hybridized carbons (Fsp3) is 0.348. The van der Waals surface area contributed by atoms with E-state index in [1.807, 2.05) is 67.1 Å². The van der Waals surface area contributed by atoms with Crippen molar-refractivity contribution in [1.29, 1.82) is 0 Å². The zero-order valence-electron chi connectivity index (χ0n) is 18.0. The lowest BCUT2D eigenvalue weighted by molar-refractivity contribution is -0.116. The van der Waals surface area contributed by atoms with Gasteiger partial charge in [0.15, 0.2) is 5.82 Å². The summed E-state index contributed by atoms with van der Waals surface area (Å²) in [6, 6.07) is 15.5. The lowest BCUT2D eigenvalue weighted by Gasteiger charge is -2.33. The number of fused-ring (bicyclic) bond motifs is 1. The number of anilines is 1. The van der Waals surface area contributed by atoms with Crippen molar-refractivity contribution in [2.75, 3.05) is 17.3 Å². The van der Waals surface area contributed by atoms with Gasteiger partial charge < -0.3 is 15.5 Å². The average Bonchev–Trinajstić information content (AvgIpc) is 3.16. The number of hydrogen-bond donors (Lipinski definition) is 2. The Labute approximate surface area is 186 Å². The third-order valence-electron chi connectivity index (χ3n) is 5.07. The van der Waals surface area contributed by atoms with E-state index in [0.29, 0.717) is 11.8 Å². The first-order valence-corrected chi connectivity index (χ1v) is 11.4. The van der Waals surface area contributed by atoms with Crippen LogP contribution in [0.15, 0.2) is 53.7 Å². The minimum absolute atomic E-state index is 0.0757. The highest BCUT2D eigenvalue weighted by atomic mass is 32.2. The Morgan fingerprint density at radius 2 is 2.00 bits per heavy atom. The number of nitrogens with one attached hydrogen (secondary N) is 2. The summed E-state index contributed by atoms with van der Waals surface area (Å²) in [6.45, 7) is 6.69. The van der Waals surface area contributed by atoms with E-state index in [4.69, 9.17) is 4.74 Å². The number of thioether (sulfide) groups is 1. The van der Waals surface area contributed by atoms with Crippen molar-refractivity contribution in [3.63, 3.8) is 0 Å². The molecule has 1 aromatic heterocycles. The van der Waals surface area contributed by atoms with Crippen LogP contribution >= 0.6 is 11.8 Å². The molecule has 2 N–H and O–H groups in total. The van der Waals surface area contributed by atoms with Crippen LogP contribution in [0.5, 0.6) is 5.75 Å². The average molecular weight is 438 g/mol. The van der Waals surface area contributed by atoms with E-state index in [9.17, 15) is 4.79 Å². The molecule has 0 radical (unpaired) electrons. The van der Waals surface area contributed by atoms with Gasteiger partial charge in [-0.2, -0.15) is 0 Å². The lowest BCUT2D eigenvalue weighted by Crippen LogP contribution is -2.41. The van der Waals surface area contributed by atoms with Crippen molar-refractivity contribution in [2.24, 2.45) is 0 Å². The van der Waals surface area contributed by atoms with Crippen LogP contribution in [-0.2, 0) is 11.2 Å². The van der Waals surface area contributed by atoms with Crippen molar-refractivity contribution in [1.82, 2.24) is 14.9 Å². The quantitative estimate of drug-likeness (QED) is 0.572. The van der Waals surface area contributed by atoms with Crippen molar-refractivity contribution in [3.8, 4) is 5.75 Å². The molecule has 1 amide bonds. The van der Waals surface area contributed by atoms with Crippen LogP contribution in [-0.4, -0.2) is 32.6 Å². The van der Waals surface area contributed by atoms with Gasteiger partial charge in [0, 0.05) is 12.1 Å². The number of benzene rings is 2. The molecule has 2 atom stereocenters. The van der Waals surface area contributed by atoms with Crippen LogP contribution in [0.1, 0.15) is 43.3 Å². The minimum Gasteiger partial charge on any atom is -0.494 e. The predicted octanol–water partition coefficient (Wildman–Crippen LogP) is 4.34. The molecule has 0 saturated heterocycles. The maximum atomic E-state index is 13.3. The summed E-state index contributed by atoms with van der Waals surface area (Å²) < 4.78 is 7.50. The first-order chi connectivity index (χ1) is 15.1. The molecule has 0 bridgehead atoms. The van der Waals surface area contributed by atoms with Gasteiger partial charge in [0.05, 0.1) is 12.6 Å². The van der Waals surface area contributed by atoms with Gasteiger partial charge in [0.25, 0.3) is 0 Å². The summed E-state index contributed by atoms with van der Waals surface area (Å²) in [5, 5.41) is 12.0. The van der Waals surface area contributed by atoms with Crippen LogP contribution < -0.4 is 15.5 Å². The molecule has 4 rings (SSSR count). The van der Waals surface area contributed by atoms with Crippen LogP contribution in [0.2, 0.25) is 0 Å². The molecular weight excluding hydrogens is 410 g/mol. The highest BCUT2D eigenvalue weighted by molar-refractivity contribution is 8.00. The summed E-state index contributed by atoms with van der Waals surface area (Å²) in [5.41, 5.74) is 6.38. The van der Waals surface area contributed by atoms with Gasteiger partial charge in [-0.3, -0.25) is 4.79 Å². The molecule has 31 heavy (non-hydrogen) atoms. The second kappa shape index (κ2) is 9.43. The fourth-order valence-electron chi connectivity index (χ4n) is 3.61. The van der Waals surface area contributed by atoms with E-state index in [2.05, 4.69) is 27.9 Å². The second-order valence-electron chi connectivity index (χ2n) is 7.49. The van der Waals surface area contributed by atoms with Crippen LogP contribution in [0.3, 0.4) is 0 Å². The van der Waals surface area contributed by atoms with Crippen molar-refractivity contribution < 1.29 is 9.53 Å². The Morgan fingerprint density at radius 1 is 1.19 bits per heavy atom. The van der Waals surface area contributed by atoms with Gasteiger partial charge in [0.2, 0.25) is 11.1 Å². The molecule has 8 heteroatoms. The zero-order valence-corrected chi connectivity index (χ0v) is 18.8. The predicted molar refractivity (Wildman–Crippen MR) is 123 cm³/mol. The number of aryl methyl sites for hydroxylation is 2. The van der Waals surface area contributed by atoms with Crippen LogP contribution in [0.25, 0.3) is 0 Å². The number of nitrogens with zero attached hydrogens (tertiary/aromatic N) is 3. The first-order valence-electron chi connectivity index (χ1n) is 10.6. The number of rotatable bonds is 7. The highest BCUT2D eigenvalue weighted by Gasteiger charge is 2.37. The number of ether oxygens (including phenoxy) is 1. The molecule has 0 fully saturated rings. The van der Waals surface area contributed by atoms with Crippen LogP contribution in [0.4, 0.5) is 5.69 Å². The Morgan fingerprint density at radius 3 is 2.71 bits per heavy atom. The van der Waals surface area contributed by atoms with E-state index < -0.39 is 5.25 Å². The summed E-state index contributed by atoms with van der Waals surface area (Å²) in [7, 11) is 0.